The molecule has 8 heteroatoms. The monoisotopic (exact) mass is 356 g/mol. The molecule has 0 atom stereocenters. The molecular formula is C17H13FN4O2S. The number of rotatable bonds is 5. The summed E-state index contributed by atoms with van der Waals surface area (Å²) in [5, 5.41) is 15.3. The predicted octanol–water partition coefficient (Wildman–Crippen LogP) is 3.68. The van der Waals surface area contributed by atoms with E-state index in [0.29, 0.717) is 16.5 Å². The highest BCUT2D eigenvalue weighted by Gasteiger charge is 2.12. The number of carbonyl (C=O) groups is 1. The lowest BCUT2D eigenvalue weighted by atomic mass is 9.99. The van der Waals surface area contributed by atoms with Crippen molar-refractivity contribution in [2.45, 2.75) is 0 Å². The summed E-state index contributed by atoms with van der Waals surface area (Å²) in [6, 6.07) is 11.3. The number of benzene rings is 2. The second-order valence-corrected chi connectivity index (χ2v) is 5.89. The lowest BCUT2D eigenvalue weighted by Gasteiger charge is -2.07. The number of nitrogens with two attached hydrogens (primary N) is 1. The Kier molecular flexibility index (Phi) is 4.71. The van der Waals surface area contributed by atoms with Gasteiger partial charge < -0.3 is 10.8 Å². The lowest BCUT2D eigenvalue weighted by Crippen LogP contribution is -2.00. The van der Waals surface area contributed by atoms with E-state index in [4.69, 9.17) is 10.8 Å². The molecule has 0 amide bonds. The number of hydrogen-bond donors (Lipinski definition) is 3. The first kappa shape index (κ1) is 16.6. The van der Waals surface area contributed by atoms with Crippen molar-refractivity contribution in [3.63, 3.8) is 0 Å². The summed E-state index contributed by atoms with van der Waals surface area (Å²) in [5.41, 5.74) is 9.97. The molecule has 0 aliphatic heterocycles. The summed E-state index contributed by atoms with van der Waals surface area (Å²) in [7, 11) is 0. The van der Waals surface area contributed by atoms with Crippen LogP contribution in [0.5, 0.6) is 0 Å². The molecule has 0 saturated heterocycles. The second-order valence-electron chi connectivity index (χ2n) is 5.03. The molecule has 0 spiro atoms. The van der Waals surface area contributed by atoms with Gasteiger partial charge in [0.2, 0.25) is 5.13 Å². The fraction of sp³-hybridized carbons (Fsp3) is 0. The van der Waals surface area contributed by atoms with Gasteiger partial charge in [-0.15, -0.1) is 11.3 Å². The number of carboxylic acids is 1. The van der Waals surface area contributed by atoms with Gasteiger partial charge >= 0.3 is 5.97 Å². The van der Waals surface area contributed by atoms with Crippen molar-refractivity contribution < 1.29 is 14.3 Å². The number of halogens is 1. The highest BCUT2D eigenvalue weighted by atomic mass is 32.1. The molecule has 4 N–H and O–H groups in total. The molecule has 0 bridgehead atoms. The quantitative estimate of drug-likeness (QED) is 0.478. The van der Waals surface area contributed by atoms with Crippen LogP contribution in [0.2, 0.25) is 0 Å². The molecule has 2 aromatic carbocycles. The van der Waals surface area contributed by atoms with E-state index in [0.717, 1.165) is 11.1 Å². The Labute approximate surface area is 146 Å². The number of hydrogen-bond acceptors (Lipinski definition) is 6. The molecule has 1 heterocycles. The molecule has 25 heavy (non-hydrogen) atoms. The Morgan fingerprint density at radius 3 is 2.80 bits per heavy atom. The zero-order valence-corrected chi connectivity index (χ0v) is 13.6. The van der Waals surface area contributed by atoms with Gasteiger partial charge in [-0.05, 0) is 23.3 Å². The number of thiazole rings is 1. The van der Waals surface area contributed by atoms with E-state index in [2.05, 4.69) is 15.5 Å². The topological polar surface area (TPSA) is 101 Å². The van der Waals surface area contributed by atoms with Crippen molar-refractivity contribution in [2.75, 3.05) is 11.2 Å². The van der Waals surface area contributed by atoms with Gasteiger partial charge in [-0.3, -0.25) is 5.43 Å². The van der Waals surface area contributed by atoms with Crippen molar-refractivity contribution >= 4 is 34.5 Å². The number of anilines is 2. The molecular weight excluding hydrogens is 343 g/mol. The highest BCUT2D eigenvalue weighted by molar-refractivity contribution is 7.14. The maximum Gasteiger partial charge on any atom is 0.338 e. The average Bonchev–Trinajstić information content (AvgIpc) is 3.00. The van der Waals surface area contributed by atoms with Crippen molar-refractivity contribution in [1.29, 1.82) is 0 Å². The second kappa shape index (κ2) is 7.10. The summed E-state index contributed by atoms with van der Waals surface area (Å²) < 4.78 is 13.9. The molecule has 3 aromatic rings. The smallest absolute Gasteiger partial charge is 0.338 e. The van der Waals surface area contributed by atoms with E-state index in [1.165, 1.54) is 23.5 Å². The number of aromatic nitrogens is 1. The maximum absolute atomic E-state index is 13.9. The molecule has 0 unspecified atom stereocenters. The van der Waals surface area contributed by atoms with Crippen LogP contribution in [0.3, 0.4) is 0 Å². The molecule has 0 aliphatic rings. The number of nitrogen functional groups attached to an aromatic ring is 1. The SMILES string of the molecule is Nc1csc(NN=Cc2ccccc2-c2ccc(C(=O)O)c(F)c2)n1. The summed E-state index contributed by atoms with van der Waals surface area (Å²) in [6.07, 6.45) is 1.58. The van der Waals surface area contributed by atoms with Crippen LogP contribution < -0.4 is 11.2 Å². The van der Waals surface area contributed by atoms with Gasteiger partial charge in [0.25, 0.3) is 0 Å². The molecule has 6 nitrogen and oxygen atoms in total. The first-order valence-corrected chi connectivity index (χ1v) is 8.05. The van der Waals surface area contributed by atoms with Crippen LogP contribution in [-0.4, -0.2) is 22.3 Å². The predicted molar refractivity (Wildman–Crippen MR) is 96.5 cm³/mol. The van der Waals surface area contributed by atoms with Gasteiger partial charge in [0.15, 0.2) is 0 Å². The zero-order chi connectivity index (χ0) is 17.8. The minimum absolute atomic E-state index is 0.363. The summed E-state index contributed by atoms with van der Waals surface area (Å²) in [4.78, 5) is 15.0. The van der Waals surface area contributed by atoms with Gasteiger partial charge in [0.1, 0.15) is 11.6 Å². The number of nitrogens with one attached hydrogen (secondary N) is 1. The van der Waals surface area contributed by atoms with Crippen molar-refractivity contribution in [3.05, 3.63) is 64.8 Å². The zero-order valence-electron chi connectivity index (χ0n) is 12.8. The van der Waals surface area contributed by atoms with Crippen LogP contribution in [0, 0.1) is 5.82 Å². The van der Waals surface area contributed by atoms with E-state index in [9.17, 15) is 9.18 Å². The van der Waals surface area contributed by atoms with Crippen LogP contribution in [0.4, 0.5) is 15.3 Å². The molecule has 0 aliphatic carbocycles. The van der Waals surface area contributed by atoms with Crippen LogP contribution in [-0.2, 0) is 0 Å². The Bertz CT molecular complexity index is 955. The normalized spacial score (nSPS) is 10.9. The number of carboxylic acid groups (broad SMARTS) is 1. The molecule has 126 valence electrons. The first-order valence-electron chi connectivity index (χ1n) is 7.17. The lowest BCUT2D eigenvalue weighted by molar-refractivity contribution is 0.0692. The maximum atomic E-state index is 13.9. The standard InChI is InChI=1S/C17H13FN4O2S/c18-14-7-10(5-6-13(14)16(23)24)12-4-2-1-3-11(12)8-20-22-17-21-15(19)9-25-17/h1-9H,19H2,(H,21,22)(H,23,24). The largest absolute Gasteiger partial charge is 0.478 e. The third kappa shape index (κ3) is 3.81. The highest BCUT2D eigenvalue weighted by Crippen LogP contribution is 2.25. The minimum Gasteiger partial charge on any atom is -0.478 e. The van der Waals surface area contributed by atoms with E-state index >= 15 is 0 Å². The number of aromatic carboxylic acids is 1. The van der Waals surface area contributed by atoms with Gasteiger partial charge in [-0.1, -0.05) is 30.3 Å². The fourth-order valence-electron chi connectivity index (χ4n) is 2.22. The van der Waals surface area contributed by atoms with Gasteiger partial charge in [0.05, 0.1) is 11.8 Å². The molecule has 0 radical (unpaired) electrons. The van der Waals surface area contributed by atoms with Crippen LogP contribution >= 0.6 is 11.3 Å². The number of nitrogens with zero attached hydrogens (tertiary/aromatic N) is 2. The van der Waals surface area contributed by atoms with E-state index in [1.54, 1.807) is 23.7 Å². The molecule has 3 rings (SSSR count). The Balaban J connectivity index is 1.88. The van der Waals surface area contributed by atoms with Crippen molar-refractivity contribution in [2.24, 2.45) is 5.10 Å². The minimum atomic E-state index is -1.30. The van der Waals surface area contributed by atoms with Gasteiger partial charge in [-0.2, -0.15) is 5.10 Å². The average molecular weight is 356 g/mol. The molecule has 0 saturated carbocycles. The molecule has 0 fully saturated rings. The van der Waals surface area contributed by atoms with E-state index in [1.807, 2.05) is 18.2 Å². The third-order valence-electron chi connectivity index (χ3n) is 3.36. The summed E-state index contributed by atoms with van der Waals surface area (Å²) in [5.74, 6) is -1.67. The van der Waals surface area contributed by atoms with Crippen LogP contribution in [0.25, 0.3) is 11.1 Å². The van der Waals surface area contributed by atoms with Gasteiger partial charge in [0, 0.05) is 10.9 Å². The van der Waals surface area contributed by atoms with Gasteiger partial charge in [-0.25, -0.2) is 14.2 Å². The van der Waals surface area contributed by atoms with Crippen molar-refractivity contribution in [3.8, 4) is 11.1 Å². The summed E-state index contributed by atoms with van der Waals surface area (Å²) >= 11 is 1.33. The Hall–Kier alpha value is -3.26. The third-order valence-corrected chi connectivity index (χ3v) is 4.12. The van der Waals surface area contributed by atoms with Crippen LogP contribution in [0.1, 0.15) is 15.9 Å². The Morgan fingerprint density at radius 1 is 1.32 bits per heavy atom. The first-order chi connectivity index (χ1) is 12.0. The molecule has 1 aromatic heterocycles. The Morgan fingerprint density at radius 2 is 2.12 bits per heavy atom. The fourth-order valence-corrected chi connectivity index (χ4v) is 2.77. The summed E-state index contributed by atoms with van der Waals surface area (Å²) in [6.45, 7) is 0. The van der Waals surface area contributed by atoms with Crippen molar-refractivity contribution in [1.82, 2.24) is 4.98 Å². The van der Waals surface area contributed by atoms with E-state index in [-0.39, 0.29) is 5.56 Å². The van der Waals surface area contributed by atoms with Crippen LogP contribution in [0.15, 0.2) is 52.9 Å². The van der Waals surface area contributed by atoms with E-state index < -0.39 is 11.8 Å². The number of hydrazone groups is 1.